The first-order valence-corrected chi connectivity index (χ1v) is 6.36. The van der Waals surface area contributed by atoms with Crippen LogP contribution in [-0.4, -0.2) is 32.2 Å². The number of hydrogen-bond acceptors (Lipinski definition) is 4. The normalized spacial score (nSPS) is 10.4. The highest BCUT2D eigenvalue weighted by Crippen LogP contribution is 2.28. The molecule has 0 saturated carbocycles. The van der Waals surface area contributed by atoms with Crippen molar-refractivity contribution in [2.75, 3.05) is 20.3 Å². The van der Waals surface area contributed by atoms with Gasteiger partial charge in [0.15, 0.2) is 18.1 Å². The third-order valence-corrected chi connectivity index (χ3v) is 2.47. The van der Waals surface area contributed by atoms with Crippen LogP contribution in [0.2, 0.25) is 0 Å². The van der Waals surface area contributed by atoms with Crippen LogP contribution in [-0.2, 0) is 11.2 Å². The van der Waals surface area contributed by atoms with E-state index in [2.05, 4.69) is 5.32 Å². The number of nitrogens with one attached hydrogen (secondary N) is 1. The van der Waals surface area contributed by atoms with E-state index in [9.17, 15) is 4.79 Å². The summed E-state index contributed by atoms with van der Waals surface area (Å²) in [5.41, 5.74) is 6.59. The average molecular weight is 266 g/mol. The maximum absolute atomic E-state index is 11.5. The molecule has 1 amide bonds. The van der Waals surface area contributed by atoms with Crippen molar-refractivity contribution in [3.63, 3.8) is 0 Å². The number of nitrogens with two attached hydrogens (primary N) is 1. The Labute approximate surface area is 114 Å². The van der Waals surface area contributed by atoms with E-state index in [1.165, 1.54) is 0 Å². The Kier molecular flexibility index (Phi) is 6.15. The lowest BCUT2D eigenvalue weighted by molar-refractivity contribution is -0.123. The maximum atomic E-state index is 11.5. The lowest BCUT2D eigenvalue weighted by Crippen LogP contribution is -2.34. The number of benzene rings is 1. The zero-order valence-electron chi connectivity index (χ0n) is 11.7. The minimum atomic E-state index is -0.150. The monoisotopic (exact) mass is 266 g/mol. The van der Waals surface area contributed by atoms with Gasteiger partial charge >= 0.3 is 0 Å². The number of carbonyl (C=O) groups excluding carboxylic acids is 1. The van der Waals surface area contributed by atoms with Gasteiger partial charge in [0.1, 0.15) is 0 Å². The van der Waals surface area contributed by atoms with E-state index in [4.69, 9.17) is 15.2 Å². The predicted molar refractivity (Wildman–Crippen MR) is 74.5 cm³/mol. The predicted octanol–water partition coefficient (Wildman–Crippen LogP) is 1.10. The molecule has 0 unspecified atom stereocenters. The van der Waals surface area contributed by atoms with Gasteiger partial charge in [0, 0.05) is 6.04 Å². The van der Waals surface area contributed by atoms with Crippen LogP contribution < -0.4 is 20.5 Å². The number of rotatable bonds is 7. The summed E-state index contributed by atoms with van der Waals surface area (Å²) in [6.45, 7) is 4.37. The molecule has 0 radical (unpaired) electrons. The number of hydrogen-bond donors (Lipinski definition) is 2. The Bertz CT molecular complexity index is 419. The molecule has 0 aliphatic rings. The summed E-state index contributed by atoms with van der Waals surface area (Å²) in [5, 5.41) is 2.76. The first-order valence-electron chi connectivity index (χ1n) is 6.36. The highest BCUT2D eigenvalue weighted by atomic mass is 16.5. The Hall–Kier alpha value is -1.75. The maximum Gasteiger partial charge on any atom is 0.258 e. The molecule has 1 aromatic carbocycles. The summed E-state index contributed by atoms with van der Waals surface area (Å²) in [6, 6.07) is 5.70. The number of methoxy groups -OCH3 is 1. The first-order chi connectivity index (χ1) is 9.06. The molecule has 1 aromatic rings. The SMILES string of the molecule is COc1cc(CCN)ccc1OCC(=O)NC(C)C. The summed E-state index contributed by atoms with van der Waals surface area (Å²) in [5.74, 6) is 1.02. The van der Waals surface area contributed by atoms with Gasteiger partial charge in [-0.25, -0.2) is 0 Å². The molecule has 5 heteroatoms. The molecule has 0 fully saturated rings. The van der Waals surface area contributed by atoms with Crippen molar-refractivity contribution in [3.8, 4) is 11.5 Å². The summed E-state index contributed by atoms with van der Waals surface area (Å²) in [4.78, 5) is 11.5. The first kappa shape index (κ1) is 15.3. The van der Waals surface area contributed by atoms with Crippen LogP contribution in [0.1, 0.15) is 19.4 Å². The lowest BCUT2D eigenvalue weighted by Gasteiger charge is -2.13. The summed E-state index contributed by atoms with van der Waals surface area (Å²) in [7, 11) is 1.57. The second-order valence-electron chi connectivity index (χ2n) is 4.53. The van der Waals surface area contributed by atoms with E-state index in [1.54, 1.807) is 13.2 Å². The van der Waals surface area contributed by atoms with Gasteiger partial charge in [-0.05, 0) is 44.5 Å². The molecule has 106 valence electrons. The van der Waals surface area contributed by atoms with Crippen molar-refractivity contribution in [2.45, 2.75) is 26.3 Å². The molecular weight excluding hydrogens is 244 g/mol. The third kappa shape index (κ3) is 5.18. The Morgan fingerprint density at radius 2 is 2.11 bits per heavy atom. The molecule has 0 aliphatic heterocycles. The fraction of sp³-hybridized carbons (Fsp3) is 0.500. The van der Waals surface area contributed by atoms with Gasteiger partial charge in [0.2, 0.25) is 0 Å². The highest BCUT2D eigenvalue weighted by molar-refractivity contribution is 5.77. The molecule has 0 saturated heterocycles. The molecule has 0 aliphatic carbocycles. The number of amides is 1. The van der Waals surface area contributed by atoms with Crippen LogP contribution in [0.15, 0.2) is 18.2 Å². The quantitative estimate of drug-likeness (QED) is 0.775. The van der Waals surface area contributed by atoms with Crippen LogP contribution in [0.3, 0.4) is 0 Å². The summed E-state index contributed by atoms with van der Waals surface area (Å²) in [6.07, 6.45) is 0.782. The van der Waals surface area contributed by atoms with Crippen LogP contribution in [0.4, 0.5) is 0 Å². The van der Waals surface area contributed by atoms with Gasteiger partial charge in [-0.3, -0.25) is 4.79 Å². The standard InChI is InChI=1S/C14H22N2O3/c1-10(2)16-14(17)9-19-12-5-4-11(6-7-15)8-13(12)18-3/h4-5,8,10H,6-7,9,15H2,1-3H3,(H,16,17). The Morgan fingerprint density at radius 3 is 2.68 bits per heavy atom. The van der Waals surface area contributed by atoms with Gasteiger partial charge in [-0.1, -0.05) is 6.07 Å². The zero-order chi connectivity index (χ0) is 14.3. The number of carbonyl (C=O) groups is 1. The zero-order valence-corrected chi connectivity index (χ0v) is 11.7. The molecule has 0 aromatic heterocycles. The van der Waals surface area contributed by atoms with Crippen molar-refractivity contribution >= 4 is 5.91 Å². The summed E-state index contributed by atoms with van der Waals surface area (Å²) >= 11 is 0. The van der Waals surface area contributed by atoms with Crippen LogP contribution in [0.5, 0.6) is 11.5 Å². The fourth-order valence-corrected chi connectivity index (χ4v) is 1.66. The van der Waals surface area contributed by atoms with E-state index < -0.39 is 0 Å². The average Bonchev–Trinajstić information content (AvgIpc) is 2.36. The van der Waals surface area contributed by atoms with Gasteiger partial charge in [0.05, 0.1) is 7.11 Å². The smallest absolute Gasteiger partial charge is 0.258 e. The van der Waals surface area contributed by atoms with E-state index in [0.717, 1.165) is 12.0 Å². The summed E-state index contributed by atoms with van der Waals surface area (Å²) < 4.78 is 10.7. The molecule has 3 N–H and O–H groups in total. The van der Waals surface area contributed by atoms with Crippen molar-refractivity contribution in [1.29, 1.82) is 0 Å². The van der Waals surface area contributed by atoms with Gasteiger partial charge in [0.25, 0.3) is 5.91 Å². The van der Waals surface area contributed by atoms with Gasteiger partial charge in [-0.15, -0.1) is 0 Å². The van der Waals surface area contributed by atoms with E-state index in [0.29, 0.717) is 18.0 Å². The number of ether oxygens (including phenoxy) is 2. The molecule has 0 atom stereocenters. The fourth-order valence-electron chi connectivity index (χ4n) is 1.66. The van der Waals surface area contributed by atoms with Gasteiger partial charge < -0.3 is 20.5 Å². The molecule has 5 nitrogen and oxygen atoms in total. The van der Waals surface area contributed by atoms with Crippen molar-refractivity contribution in [2.24, 2.45) is 5.73 Å². The van der Waals surface area contributed by atoms with Crippen molar-refractivity contribution in [3.05, 3.63) is 23.8 Å². The third-order valence-electron chi connectivity index (χ3n) is 2.47. The van der Waals surface area contributed by atoms with Crippen LogP contribution >= 0.6 is 0 Å². The Balaban J connectivity index is 2.65. The van der Waals surface area contributed by atoms with Crippen molar-refractivity contribution in [1.82, 2.24) is 5.32 Å². The van der Waals surface area contributed by atoms with Crippen molar-refractivity contribution < 1.29 is 14.3 Å². The molecule has 1 rings (SSSR count). The largest absolute Gasteiger partial charge is 0.493 e. The Morgan fingerprint density at radius 1 is 1.37 bits per heavy atom. The second kappa shape index (κ2) is 7.63. The lowest BCUT2D eigenvalue weighted by atomic mass is 10.1. The van der Waals surface area contributed by atoms with E-state index in [-0.39, 0.29) is 18.6 Å². The van der Waals surface area contributed by atoms with Gasteiger partial charge in [-0.2, -0.15) is 0 Å². The molecule has 0 heterocycles. The molecule has 0 bridgehead atoms. The minimum absolute atomic E-state index is 0.0230. The van der Waals surface area contributed by atoms with E-state index >= 15 is 0 Å². The molecule has 19 heavy (non-hydrogen) atoms. The second-order valence-corrected chi connectivity index (χ2v) is 4.53. The minimum Gasteiger partial charge on any atom is -0.493 e. The molecular formula is C14H22N2O3. The van der Waals surface area contributed by atoms with E-state index in [1.807, 2.05) is 26.0 Å². The van der Waals surface area contributed by atoms with Crippen LogP contribution in [0, 0.1) is 0 Å². The van der Waals surface area contributed by atoms with Crippen LogP contribution in [0.25, 0.3) is 0 Å². The highest BCUT2D eigenvalue weighted by Gasteiger charge is 2.09. The molecule has 0 spiro atoms. The topological polar surface area (TPSA) is 73.6 Å².